The highest BCUT2D eigenvalue weighted by Crippen LogP contribution is 2.37. The number of hydrogen-bond donors (Lipinski definition) is 1. The van der Waals surface area contributed by atoms with Crippen LogP contribution in [0.4, 0.5) is 0 Å². The molecular weight excluding hydrogens is 246 g/mol. The minimum Gasteiger partial charge on any atom is -0.374 e. The van der Waals surface area contributed by atoms with Crippen molar-refractivity contribution in [2.45, 2.75) is 64.5 Å². The van der Waals surface area contributed by atoms with E-state index >= 15 is 0 Å². The third kappa shape index (κ3) is 3.24. The van der Waals surface area contributed by atoms with Crippen LogP contribution in [0, 0.1) is 13.8 Å². The zero-order valence-corrected chi connectivity index (χ0v) is 13.5. The first-order valence-corrected chi connectivity index (χ1v) is 7.98. The number of aryl methyl sites for hydroxylation is 2. The standard InChI is InChI=1S/C18H29NO/c1-5-20-18(10-6-7-11-18)17(19-4)13-16-9-8-14(2)15(3)12-16/h8-9,12,17,19H,5-7,10-11,13H2,1-4H3. The number of benzene rings is 1. The molecule has 0 aliphatic heterocycles. The normalized spacial score (nSPS) is 19.2. The summed E-state index contributed by atoms with van der Waals surface area (Å²) >= 11 is 0. The minimum absolute atomic E-state index is 0.0439. The van der Waals surface area contributed by atoms with E-state index in [4.69, 9.17) is 4.74 Å². The topological polar surface area (TPSA) is 21.3 Å². The van der Waals surface area contributed by atoms with Crippen LogP contribution >= 0.6 is 0 Å². The summed E-state index contributed by atoms with van der Waals surface area (Å²) in [5, 5.41) is 3.53. The number of nitrogens with one attached hydrogen (secondary N) is 1. The van der Waals surface area contributed by atoms with Crippen LogP contribution in [0.25, 0.3) is 0 Å². The Kier molecular flexibility index (Phi) is 5.22. The number of ether oxygens (including phenoxy) is 1. The number of hydrogen-bond acceptors (Lipinski definition) is 2. The van der Waals surface area contributed by atoms with Gasteiger partial charge in [-0.25, -0.2) is 0 Å². The van der Waals surface area contributed by atoms with Crippen molar-refractivity contribution in [2.75, 3.05) is 13.7 Å². The predicted molar refractivity (Wildman–Crippen MR) is 85.3 cm³/mol. The smallest absolute Gasteiger partial charge is 0.0837 e. The van der Waals surface area contributed by atoms with Crippen molar-refractivity contribution >= 4 is 0 Å². The van der Waals surface area contributed by atoms with Gasteiger partial charge in [0, 0.05) is 12.6 Å². The Hall–Kier alpha value is -0.860. The van der Waals surface area contributed by atoms with Gasteiger partial charge in [0.1, 0.15) is 0 Å². The van der Waals surface area contributed by atoms with E-state index in [1.165, 1.54) is 42.4 Å². The summed E-state index contributed by atoms with van der Waals surface area (Å²) in [6.45, 7) is 7.29. The molecule has 1 atom stereocenters. The summed E-state index contributed by atoms with van der Waals surface area (Å²) in [7, 11) is 2.07. The van der Waals surface area contributed by atoms with Gasteiger partial charge in [-0.2, -0.15) is 0 Å². The van der Waals surface area contributed by atoms with Crippen LogP contribution in [0.3, 0.4) is 0 Å². The van der Waals surface area contributed by atoms with Gasteiger partial charge in [-0.05, 0) is 63.8 Å². The molecular formula is C18H29NO. The quantitative estimate of drug-likeness (QED) is 0.853. The molecule has 2 nitrogen and oxygen atoms in total. The largest absolute Gasteiger partial charge is 0.374 e. The van der Waals surface area contributed by atoms with Crippen molar-refractivity contribution in [2.24, 2.45) is 0 Å². The molecule has 0 amide bonds. The third-order valence-corrected chi connectivity index (χ3v) is 4.88. The van der Waals surface area contributed by atoms with Crippen LogP contribution in [0.5, 0.6) is 0 Å². The van der Waals surface area contributed by atoms with Crippen LogP contribution in [-0.4, -0.2) is 25.3 Å². The molecule has 0 radical (unpaired) electrons. The van der Waals surface area contributed by atoms with Gasteiger partial charge in [0.05, 0.1) is 5.60 Å². The maximum atomic E-state index is 6.21. The predicted octanol–water partition coefficient (Wildman–Crippen LogP) is 3.78. The van der Waals surface area contributed by atoms with E-state index in [2.05, 4.69) is 51.3 Å². The fourth-order valence-electron chi connectivity index (χ4n) is 3.57. The lowest BCUT2D eigenvalue weighted by molar-refractivity contribution is -0.0597. The fraction of sp³-hybridized carbons (Fsp3) is 0.667. The Labute approximate surface area is 123 Å². The van der Waals surface area contributed by atoms with Crippen LogP contribution < -0.4 is 5.32 Å². The van der Waals surface area contributed by atoms with Crippen molar-refractivity contribution in [3.05, 3.63) is 34.9 Å². The average molecular weight is 275 g/mol. The molecule has 0 saturated heterocycles. The van der Waals surface area contributed by atoms with Crippen LogP contribution in [0.2, 0.25) is 0 Å². The van der Waals surface area contributed by atoms with Gasteiger partial charge in [0.2, 0.25) is 0 Å². The highest BCUT2D eigenvalue weighted by Gasteiger charge is 2.41. The lowest BCUT2D eigenvalue weighted by Gasteiger charge is -2.37. The Morgan fingerprint density at radius 1 is 1.20 bits per heavy atom. The molecule has 1 aliphatic rings. The second-order valence-corrected chi connectivity index (χ2v) is 6.17. The van der Waals surface area contributed by atoms with E-state index < -0.39 is 0 Å². The van der Waals surface area contributed by atoms with E-state index in [-0.39, 0.29) is 5.60 Å². The van der Waals surface area contributed by atoms with Crippen molar-refractivity contribution in [1.29, 1.82) is 0 Å². The van der Waals surface area contributed by atoms with E-state index in [1.54, 1.807) is 0 Å². The van der Waals surface area contributed by atoms with Gasteiger partial charge < -0.3 is 10.1 Å². The highest BCUT2D eigenvalue weighted by molar-refractivity contribution is 5.30. The summed E-state index contributed by atoms with van der Waals surface area (Å²) < 4.78 is 6.21. The monoisotopic (exact) mass is 275 g/mol. The molecule has 1 aromatic rings. The Balaban J connectivity index is 2.16. The zero-order valence-electron chi connectivity index (χ0n) is 13.5. The van der Waals surface area contributed by atoms with Crippen molar-refractivity contribution in [1.82, 2.24) is 5.32 Å². The van der Waals surface area contributed by atoms with Gasteiger partial charge in [0.15, 0.2) is 0 Å². The van der Waals surface area contributed by atoms with Crippen molar-refractivity contribution in [3.8, 4) is 0 Å². The molecule has 2 rings (SSSR count). The molecule has 20 heavy (non-hydrogen) atoms. The molecule has 1 N–H and O–H groups in total. The number of likely N-dealkylation sites (N-methyl/N-ethyl adjacent to an activating group) is 1. The molecule has 1 aliphatic carbocycles. The average Bonchev–Trinajstić information content (AvgIpc) is 2.90. The first-order chi connectivity index (χ1) is 9.61. The van der Waals surface area contributed by atoms with Crippen LogP contribution in [0.1, 0.15) is 49.3 Å². The molecule has 2 heteroatoms. The fourth-order valence-corrected chi connectivity index (χ4v) is 3.57. The summed E-state index contributed by atoms with van der Waals surface area (Å²) in [4.78, 5) is 0. The van der Waals surface area contributed by atoms with Gasteiger partial charge in [-0.1, -0.05) is 31.0 Å². The third-order valence-electron chi connectivity index (χ3n) is 4.88. The SMILES string of the molecule is CCOC1(C(Cc2ccc(C)c(C)c2)NC)CCCC1. The van der Waals surface area contributed by atoms with Crippen molar-refractivity contribution in [3.63, 3.8) is 0 Å². The molecule has 0 heterocycles. The van der Waals surface area contributed by atoms with E-state index in [0.717, 1.165) is 13.0 Å². The van der Waals surface area contributed by atoms with E-state index in [1.807, 2.05) is 0 Å². The second-order valence-electron chi connectivity index (χ2n) is 6.17. The molecule has 1 aromatic carbocycles. The molecule has 0 spiro atoms. The first kappa shape index (κ1) is 15.5. The van der Waals surface area contributed by atoms with Crippen LogP contribution in [-0.2, 0) is 11.2 Å². The Morgan fingerprint density at radius 2 is 1.90 bits per heavy atom. The molecule has 1 saturated carbocycles. The number of rotatable bonds is 6. The molecule has 0 aromatic heterocycles. The summed E-state index contributed by atoms with van der Waals surface area (Å²) in [6.07, 6.45) is 6.03. The zero-order chi connectivity index (χ0) is 14.6. The Bertz CT molecular complexity index is 435. The maximum absolute atomic E-state index is 6.21. The molecule has 0 bridgehead atoms. The first-order valence-electron chi connectivity index (χ1n) is 7.98. The summed E-state index contributed by atoms with van der Waals surface area (Å²) in [5.74, 6) is 0. The van der Waals surface area contributed by atoms with Gasteiger partial charge >= 0.3 is 0 Å². The van der Waals surface area contributed by atoms with E-state index in [9.17, 15) is 0 Å². The van der Waals surface area contributed by atoms with E-state index in [0.29, 0.717) is 6.04 Å². The highest BCUT2D eigenvalue weighted by atomic mass is 16.5. The van der Waals surface area contributed by atoms with Crippen LogP contribution in [0.15, 0.2) is 18.2 Å². The lowest BCUT2D eigenvalue weighted by Crippen LogP contribution is -2.51. The Morgan fingerprint density at radius 3 is 2.45 bits per heavy atom. The molecule has 112 valence electrons. The lowest BCUT2D eigenvalue weighted by atomic mass is 9.86. The minimum atomic E-state index is 0.0439. The maximum Gasteiger partial charge on any atom is 0.0837 e. The van der Waals surface area contributed by atoms with Gasteiger partial charge in [-0.3, -0.25) is 0 Å². The summed E-state index contributed by atoms with van der Waals surface area (Å²) in [6, 6.07) is 7.24. The van der Waals surface area contributed by atoms with Crippen molar-refractivity contribution < 1.29 is 4.74 Å². The molecule has 1 fully saturated rings. The second kappa shape index (κ2) is 6.73. The van der Waals surface area contributed by atoms with Gasteiger partial charge in [0.25, 0.3) is 0 Å². The van der Waals surface area contributed by atoms with Gasteiger partial charge in [-0.15, -0.1) is 0 Å². The summed E-state index contributed by atoms with van der Waals surface area (Å²) in [5.41, 5.74) is 4.21. The molecule has 1 unspecified atom stereocenters.